The summed E-state index contributed by atoms with van der Waals surface area (Å²) in [7, 11) is 0.523. The fraction of sp³-hybridized carbons (Fsp3) is 0.647. The molecule has 1 nitrogen and oxygen atoms in total. The number of unbranched alkanes of at least 4 members (excludes halogenated alkanes) is 2. The van der Waals surface area contributed by atoms with E-state index in [4.69, 9.17) is 4.52 Å². The van der Waals surface area contributed by atoms with Gasteiger partial charge in [-0.2, -0.15) is 0 Å². The van der Waals surface area contributed by atoms with Crippen LogP contribution in [0.1, 0.15) is 64.0 Å². The molecule has 0 spiro atoms. The lowest BCUT2D eigenvalue weighted by Crippen LogP contribution is -2.09. The monoisotopic (exact) mass is 280 g/mol. The predicted octanol–water partition coefficient (Wildman–Crippen LogP) is 5.02. The van der Waals surface area contributed by atoms with Crippen molar-refractivity contribution < 1.29 is 4.52 Å². The molecule has 0 amide bonds. The van der Waals surface area contributed by atoms with E-state index in [1.165, 1.54) is 43.8 Å². The van der Waals surface area contributed by atoms with Crippen molar-refractivity contribution in [1.29, 1.82) is 0 Å². The highest BCUT2D eigenvalue weighted by Crippen LogP contribution is 2.21. The second kappa shape index (κ2) is 10.4. The SMILES string of the molecule is CCCCc1cccc(POCCC)c1CCCC. The number of aryl methyl sites for hydroxylation is 1. The molecule has 1 rings (SSSR count). The smallest absolute Gasteiger partial charge is 0.0507 e. The van der Waals surface area contributed by atoms with E-state index >= 15 is 0 Å². The predicted molar refractivity (Wildman–Crippen MR) is 87.9 cm³/mol. The van der Waals surface area contributed by atoms with E-state index in [9.17, 15) is 0 Å². The first kappa shape index (κ1) is 16.7. The van der Waals surface area contributed by atoms with Gasteiger partial charge in [-0.3, -0.25) is 0 Å². The zero-order valence-electron chi connectivity index (χ0n) is 12.8. The lowest BCUT2D eigenvalue weighted by Gasteiger charge is -2.14. The van der Waals surface area contributed by atoms with Gasteiger partial charge < -0.3 is 4.52 Å². The van der Waals surface area contributed by atoms with Crippen LogP contribution in [-0.2, 0) is 17.4 Å². The zero-order chi connectivity index (χ0) is 13.9. The molecule has 1 aromatic carbocycles. The fourth-order valence-electron chi connectivity index (χ4n) is 2.21. The van der Waals surface area contributed by atoms with Crippen LogP contribution in [0.4, 0.5) is 0 Å². The standard InChI is InChI=1S/C17H29OP/c1-4-7-10-15-11-9-13-17(19-18-14-6-3)16(15)12-8-5-2/h9,11,13,19H,4-8,10,12,14H2,1-3H3. The molecule has 0 N–H and O–H groups in total. The second-order valence-corrected chi connectivity index (χ2v) is 6.13. The molecular formula is C17H29OP. The Hall–Kier alpha value is -0.390. The minimum absolute atomic E-state index is 0.523. The molecule has 108 valence electrons. The molecule has 0 saturated heterocycles. The van der Waals surface area contributed by atoms with Crippen molar-refractivity contribution in [2.45, 2.75) is 65.7 Å². The summed E-state index contributed by atoms with van der Waals surface area (Å²) in [6.07, 6.45) is 8.66. The van der Waals surface area contributed by atoms with E-state index in [0.717, 1.165) is 13.0 Å². The maximum atomic E-state index is 5.78. The van der Waals surface area contributed by atoms with Gasteiger partial charge >= 0.3 is 0 Å². The molecule has 0 saturated carbocycles. The summed E-state index contributed by atoms with van der Waals surface area (Å²) in [6.45, 7) is 7.58. The third-order valence-electron chi connectivity index (χ3n) is 3.34. The van der Waals surface area contributed by atoms with Gasteiger partial charge in [0, 0.05) is 14.1 Å². The third-order valence-corrected chi connectivity index (χ3v) is 4.38. The van der Waals surface area contributed by atoms with Gasteiger partial charge in [0.15, 0.2) is 0 Å². The van der Waals surface area contributed by atoms with Gasteiger partial charge in [-0.25, -0.2) is 0 Å². The second-order valence-electron chi connectivity index (χ2n) is 5.10. The van der Waals surface area contributed by atoms with Gasteiger partial charge in [0.25, 0.3) is 0 Å². The fourth-order valence-corrected chi connectivity index (χ4v) is 3.25. The van der Waals surface area contributed by atoms with Crippen LogP contribution in [0.2, 0.25) is 0 Å². The number of hydrogen-bond acceptors (Lipinski definition) is 1. The largest absolute Gasteiger partial charge is 0.358 e. The minimum Gasteiger partial charge on any atom is -0.358 e. The van der Waals surface area contributed by atoms with Crippen molar-refractivity contribution in [2.75, 3.05) is 6.61 Å². The third kappa shape index (κ3) is 6.06. The van der Waals surface area contributed by atoms with Crippen LogP contribution in [0, 0.1) is 0 Å². The minimum atomic E-state index is 0.523. The van der Waals surface area contributed by atoms with E-state index in [-0.39, 0.29) is 0 Å². The molecule has 0 fully saturated rings. The molecule has 0 radical (unpaired) electrons. The van der Waals surface area contributed by atoms with Gasteiger partial charge in [0.1, 0.15) is 0 Å². The van der Waals surface area contributed by atoms with Crippen molar-refractivity contribution >= 4 is 14.1 Å². The lowest BCUT2D eigenvalue weighted by atomic mass is 9.98. The van der Waals surface area contributed by atoms with Crippen LogP contribution in [-0.4, -0.2) is 6.61 Å². The van der Waals surface area contributed by atoms with Crippen LogP contribution >= 0.6 is 8.81 Å². The zero-order valence-corrected chi connectivity index (χ0v) is 13.8. The van der Waals surface area contributed by atoms with Crippen LogP contribution in [0.25, 0.3) is 0 Å². The van der Waals surface area contributed by atoms with Crippen LogP contribution < -0.4 is 5.30 Å². The molecule has 1 atom stereocenters. The van der Waals surface area contributed by atoms with Crippen molar-refractivity contribution in [3.63, 3.8) is 0 Å². The quantitative estimate of drug-likeness (QED) is 0.432. The van der Waals surface area contributed by atoms with E-state index in [1.54, 1.807) is 11.1 Å². The highest BCUT2D eigenvalue weighted by molar-refractivity contribution is 7.42. The van der Waals surface area contributed by atoms with Gasteiger partial charge in [0.2, 0.25) is 0 Å². The molecule has 0 aliphatic heterocycles. The summed E-state index contributed by atoms with van der Waals surface area (Å²) < 4.78 is 5.78. The number of rotatable bonds is 10. The van der Waals surface area contributed by atoms with Crippen LogP contribution in [0.5, 0.6) is 0 Å². The highest BCUT2D eigenvalue weighted by atomic mass is 31.1. The van der Waals surface area contributed by atoms with Crippen LogP contribution in [0.3, 0.4) is 0 Å². The van der Waals surface area contributed by atoms with E-state index in [2.05, 4.69) is 39.0 Å². The Morgan fingerprint density at radius 1 is 0.947 bits per heavy atom. The molecule has 0 aliphatic carbocycles. The first-order valence-corrected chi connectivity index (χ1v) is 8.72. The van der Waals surface area contributed by atoms with Crippen LogP contribution in [0.15, 0.2) is 18.2 Å². The molecule has 2 heteroatoms. The van der Waals surface area contributed by atoms with E-state index in [1.807, 2.05) is 0 Å². The topological polar surface area (TPSA) is 9.23 Å². The first-order valence-electron chi connectivity index (χ1n) is 7.82. The molecular weight excluding hydrogens is 251 g/mol. The van der Waals surface area contributed by atoms with Crippen molar-refractivity contribution in [3.8, 4) is 0 Å². The Bertz CT molecular complexity index is 349. The Kier molecular flexibility index (Phi) is 9.12. The molecule has 1 aromatic rings. The van der Waals surface area contributed by atoms with E-state index < -0.39 is 0 Å². The summed E-state index contributed by atoms with van der Waals surface area (Å²) in [5, 5.41) is 1.44. The van der Waals surface area contributed by atoms with Crippen molar-refractivity contribution in [1.82, 2.24) is 0 Å². The van der Waals surface area contributed by atoms with Crippen molar-refractivity contribution in [3.05, 3.63) is 29.3 Å². The average molecular weight is 280 g/mol. The Balaban J connectivity index is 2.79. The molecule has 0 aromatic heterocycles. The molecule has 19 heavy (non-hydrogen) atoms. The summed E-state index contributed by atoms with van der Waals surface area (Å²) in [5.41, 5.74) is 3.13. The normalized spacial score (nSPS) is 11.5. The maximum Gasteiger partial charge on any atom is 0.0507 e. The number of hydrogen-bond donors (Lipinski definition) is 0. The molecule has 1 unspecified atom stereocenters. The van der Waals surface area contributed by atoms with Crippen molar-refractivity contribution in [2.24, 2.45) is 0 Å². The number of benzene rings is 1. The molecule has 0 bridgehead atoms. The summed E-state index contributed by atoms with van der Waals surface area (Å²) in [6, 6.07) is 6.78. The van der Waals surface area contributed by atoms with Gasteiger partial charge in [-0.05, 0) is 43.2 Å². The molecule has 0 aliphatic rings. The average Bonchev–Trinajstić information content (AvgIpc) is 2.44. The highest BCUT2D eigenvalue weighted by Gasteiger charge is 2.08. The maximum absolute atomic E-state index is 5.78. The first-order chi connectivity index (χ1) is 9.33. The van der Waals surface area contributed by atoms with Gasteiger partial charge in [0.05, 0.1) is 6.61 Å². The van der Waals surface area contributed by atoms with Gasteiger partial charge in [-0.1, -0.05) is 51.8 Å². The lowest BCUT2D eigenvalue weighted by molar-refractivity contribution is 0.366. The Morgan fingerprint density at radius 3 is 2.37 bits per heavy atom. The molecule has 0 heterocycles. The Labute approximate surface area is 121 Å². The summed E-state index contributed by atoms with van der Waals surface area (Å²) in [4.78, 5) is 0. The van der Waals surface area contributed by atoms with E-state index in [0.29, 0.717) is 8.81 Å². The summed E-state index contributed by atoms with van der Waals surface area (Å²) >= 11 is 0. The summed E-state index contributed by atoms with van der Waals surface area (Å²) in [5.74, 6) is 0. The Morgan fingerprint density at radius 2 is 1.68 bits per heavy atom. The van der Waals surface area contributed by atoms with Gasteiger partial charge in [-0.15, -0.1) is 0 Å².